The first kappa shape index (κ1) is 22.6. The number of hydrogen-bond donors (Lipinski definition) is 1. The summed E-state index contributed by atoms with van der Waals surface area (Å²) in [7, 11) is 2.08. The summed E-state index contributed by atoms with van der Waals surface area (Å²) in [6.45, 7) is 7.72. The van der Waals surface area contributed by atoms with Gasteiger partial charge in [0, 0.05) is 6.04 Å². The number of unbranched alkanes of at least 4 members (excludes halogenated alkanes) is 2. The lowest BCUT2D eigenvalue weighted by atomic mass is 10.0. The molecule has 1 nitrogen and oxygen atoms in total. The Morgan fingerprint density at radius 2 is 1.79 bits per heavy atom. The topological polar surface area (TPSA) is 12.0 Å². The van der Waals surface area contributed by atoms with Crippen LogP contribution in [0.4, 0.5) is 17.6 Å². The number of benzene rings is 1. The van der Waals surface area contributed by atoms with Crippen molar-refractivity contribution in [1.29, 1.82) is 0 Å². The van der Waals surface area contributed by atoms with E-state index in [0.29, 0.717) is 6.07 Å². The normalized spacial score (nSPS) is 12.3. The number of halogens is 4. The molecule has 138 valence electrons. The first-order valence-corrected chi connectivity index (χ1v) is 8.46. The quantitative estimate of drug-likeness (QED) is 0.421. The summed E-state index contributed by atoms with van der Waals surface area (Å²) in [4.78, 5) is 0. The summed E-state index contributed by atoms with van der Waals surface area (Å²) in [6, 6.07) is 3.24. The van der Waals surface area contributed by atoms with Crippen LogP contribution >= 0.6 is 0 Å². The second kappa shape index (κ2) is 12.1. The van der Waals surface area contributed by atoms with E-state index >= 15 is 0 Å². The van der Waals surface area contributed by atoms with Gasteiger partial charge in [0.1, 0.15) is 5.82 Å². The van der Waals surface area contributed by atoms with Gasteiger partial charge in [-0.25, -0.2) is 4.39 Å². The Morgan fingerprint density at radius 1 is 1.12 bits per heavy atom. The molecule has 0 radical (unpaired) electrons. The second-order valence-corrected chi connectivity index (χ2v) is 5.70. The van der Waals surface area contributed by atoms with Gasteiger partial charge in [0.15, 0.2) is 0 Å². The monoisotopic (exact) mass is 347 g/mol. The van der Waals surface area contributed by atoms with Crippen molar-refractivity contribution in [2.75, 3.05) is 7.05 Å². The van der Waals surface area contributed by atoms with Crippen LogP contribution in [0, 0.1) is 5.82 Å². The van der Waals surface area contributed by atoms with Crippen LogP contribution in [0.15, 0.2) is 24.8 Å². The zero-order chi connectivity index (χ0) is 18.6. The average molecular weight is 347 g/mol. The minimum atomic E-state index is -4.54. The van der Waals surface area contributed by atoms with Crippen LogP contribution in [0.3, 0.4) is 0 Å². The van der Waals surface area contributed by atoms with E-state index in [1.165, 1.54) is 38.5 Å². The Morgan fingerprint density at radius 3 is 2.25 bits per heavy atom. The molecule has 0 aliphatic rings. The summed E-state index contributed by atoms with van der Waals surface area (Å²) in [5, 5.41) is 3.36. The summed E-state index contributed by atoms with van der Waals surface area (Å²) in [5.74, 6) is -0.905. The summed E-state index contributed by atoms with van der Waals surface area (Å²) in [6.07, 6.45) is 4.62. The van der Waals surface area contributed by atoms with Gasteiger partial charge < -0.3 is 5.32 Å². The molecule has 24 heavy (non-hydrogen) atoms. The van der Waals surface area contributed by atoms with Gasteiger partial charge in [-0.2, -0.15) is 13.2 Å². The predicted octanol–water partition coefficient (Wildman–Crippen LogP) is 6.44. The fourth-order valence-corrected chi connectivity index (χ4v) is 2.37. The Bertz CT molecular complexity index is 469. The average Bonchev–Trinajstić information content (AvgIpc) is 2.54. The maximum Gasteiger partial charge on any atom is 0.417 e. The Labute approximate surface area is 143 Å². The van der Waals surface area contributed by atoms with E-state index < -0.39 is 17.6 Å². The van der Waals surface area contributed by atoms with Crippen molar-refractivity contribution in [3.05, 3.63) is 41.7 Å². The van der Waals surface area contributed by atoms with Gasteiger partial charge >= 0.3 is 6.18 Å². The molecule has 1 rings (SSSR count). The Hall–Kier alpha value is -1.36. The number of hydrogen-bond acceptors (Lipinski definition) is 1. The van der Waals surface area contributed by atoms with E-state index in [4.69, 9.17) is 0 Å². The third-order valence-electron chi connectivity index (χ3n) is 3.74. The van der Waals surface area contributed by atoms with Gasteiger partial charge in [-0.15, -0.1) is 0 Å². The highest BCUT2D eigenvalue weighted by Gasteiger charge is 2.32. The molecule has 0 aliphatic carbocycles. The standard InChI is InChI=1S/C10H23N.C9H6F4/c1-4-6-7-9-10(11-3)8-5-2;1-2-6-3-4-7(10)5-8(6)9(11,12)13/h10-11H,4-9H2,1-3H3;2-5H,1H2. The molecule has 1 unspecified atom stereocenters. The van der Waals surface area contributed by atoms with Crippen LogP contribution in [-0.4, -0.2) is 13.1 Å². The largest absolute Gasteiger partial charge is 0.417 e. The molecule has 0 saturated heterocycles. The van der Waals surface area contributed by atoms with Crippen molar-refractivity contribution in [1.82, 2.24) is 5.32 Å². The molecule has 1 N–H and O–H groups in total. The van der Waals surface area contributed by atoms with E-state index in [-0.39, 0.29) is 5.56 Å². The lowest BCUT2D eigenvalue weighted by Crippen LogP contribution is -2.24. The van der Waals surface area contributed by atoms with E-state index in [0.717, 1.165) is 24.3 Å². The molecule has 0 heterocycles. The lowest BCUT2D eigenvalue weighted by molar-refractivity contribution is -0.137. The molecule has 0 fully saturated rings. The zero-order valence-corrected chi connectivity index (χ0v) is 14.8. The first-order valence-electron chi connectivity index (χ1n) is 8.46. The summed E-state index contributed by atoms with van der Waals surface area (Å²) >= 11 is 0. The van der Waals surface area contributed by atoms with E-state index in [2.05, 4.69) is 32.8 Å². The van der Waals surface area contributed by atoms with E-state index in [9.17, 15) is 17.6 Å². The van der Waals surface area contributed by atoms with Crippen LogP contribution in [-0.2, 0) is 6.18 Å². The number of alkyl halides is 3. The van der Waals surface area contributed by atoms with Crippen molar-refractivity contribution in [2.45, 2.75) is 64.6 Å². The summed E-state index contributed by atoms with van der Waals surface area (Å²) < 4.78 is 49.1. The maximum absolute atomic E-state index is 12.5. The third kappa shape index (κ3) is 9.06. The second-order valence-electron chi connectivity index (χ2n) is 5.70. The molecular formula is C19H29F4N. The van der Waals surface area contributed by atoms with Gasteiger partial charge in [-0.3, -0.25) is 0 Å². The van der Waals surface area contributed by atoms with Crippen molar-refractivity contribution < 1.29 is 17.6 Å². The molecule has 0 aromatic heterocycles. The number of rotatable bonds is 8. The SMILES string of the molecule is C=Cc1ccc(F)cc1C(F)(F)F.CCCCCC(CCC)NC. The highest BCUT2D eigenvalue weighted by atomic mass is 19.4. The van der Waals surface area contributed by atoms with Crippen LogP contribution < -0.4 is 5.32 Å². The molecule has 1 aromatic rings. The van der Waals surface area contributed by atoms with Crippen LogP contribution in [0.1, 0.15) is 63.5 Å². The van der Waals surface area contributed by atoms with Gasteiger partial charge in [-0.1, -0.05) is 58.3 Å². The van der Waals surface area contributed by atoms with Gasteiger partial charge in [0.05, 0.1) is 5.56 Å². The highest BCUT2D eigenvalue weighted by Crippen LogP contribution is 2.32. The van der Waals surface area contributed by atoms with Gasteiger partial charge in [-0.05, 0) is 37.6 Å². The molecule has 0 saturated carbocycles. The van der Waals surface area contributed by atoms with E-state index in [1.54, 1.807) is 0 Å². The van der Waals surface area contributed by atoms with Crippen LogP contribution in [0.2, 0.25) is 0 Å². The molecule has 0 spiro atoms. The molecular weight excluding hydrogens is 318 g/mol. The summed E-state index contributed by atoms with van der Waals surface area (Å²) in [5.41, 5.74) is -1.11. The number of nitrogens with one attached hydrogen (secondary N) is 1. The third-order valence-corrected chi connectivity index (χ3v) is 3.74. The van der Waals surface area contributed by atoms with Crippen LogP contribution in [0.25, 0.3) is 6.08 Å². The smallest absolute Gasteiger partial charge is 0.317 e. The fraction of sp³-hybridized carbons (Fsp3) is 0.579. The van der Waals surface area contributed by atoms with Crippen molar-refractivity contribution >= 4 is 6.08 Å². The zero-order valence-electron chi connectivity index (χ0n) is 14.8. The first-order chi connectivity index (χ1) is 11.3. The predicted molar refractivity (Wildman–Crippen MR) is 93.4 cm³/mol. The van der Waals surface area contributed by atoms with Crippen molar-refractivity contribution in [3.8, 4) is 0 Å². The van der Waals surface area contributed by atoms with Gasteiger partial charge in [0.2, 0.25) is 0 Å². The maximum atomic E-state index is 12.5. The van der Waals surface area contributed by atoms with E-state index in [1.807, 2.05) is 0 Å². The molecule has 1 aromatic carbocycles. The molecule has 0 amide bonds. The minimum Gasteiger partial charge on any atom is -0.317 e. The van der Waals surface area contributed by atoms with Gasteiger partial charge in [0.25, 0.3) is 0 Å². The van der Waals surface area contributed by atoms with Crippen molar-refractivity contribution in [2.24, 2.45) is 0 Å². The molecule has 1 atom stereocenters. The molecule has 0 aliphatic heterocycles. The van der Waals surface area contributed by atoms with Crippen LogP contribution in [0.5, 0.6) is 0 Å². The Balaban J connectivity index is 0.000000449. The lowest BCUT2D eigenvalue weighted by Gasteiger charge is -2.14. The Kier molecular flexibility index (Phi) is 11.4. The van der Waals surface area contributed by atoms with Crippen molar-refractivity contribution in [3.63, 3.8) is 0 Å². The highest BCUT2D eigenvalue weighted by molar-refractivity contribution is 5.52. The minimum absolute atomic E-state index is 0.117. The molecule has 0 bridgehead atoms. The fourth-order valence-electron chi connectivity index (χ4n) is 2.37. The molecule has 5 heteroatoms.